The second-order valence-electron chi connectivity index (χ2n) is 4.15. The number of halogens is 1. The Balaban J connectivity index is 2.16. The van der Waals surface area contributed by atoms with Gasteiger partial charge in [-0.2, -0.15) is 0 Å². The minimum atomic E-state index is -2.74. The van der Waals surface area contributed by atoms with E-state index in [0.717, 1.165) is 18.8 Å². The van der Waals surface area contributed by atoms with Crippen molar-refractivity contribution in [2.75, 3.05) is 11.5 Å². The molecular formula is C10H19BrO2S. The fraction of sp³-hybridized carbons (Fsp3) is 1.00. The highest BCUT2D eigenvalue weighted by Gasteiger charge is 2.22. The minimum Gasteiger partial charge on any atom is -0.229 e. The molecule has 2 unspecified atom stereocenters. The van der Waals surface area contributed by atoms with Gasteiger partial charge in [0.25, 0.3) is 0 Å². The molecule has 4 heteroatoms. The maximum atomic E-state index is 11.2. The molecule has 0 spiro atoms. The van der Waals surface area contributed by atoms with Crippen molar-refractivity contribution in [2.45, 2.75) is 43.9 Å². The third kappa shape index (κ3) is 4.30. The number of sulfone groups is 1. The standard InChI is InChI=1S/C10H19BrO2S/c1-2-14(12,13)7-3-4-9-5-6-10(11)8-9/h9-10H,2-8H2,1H3. The van der Waals surface area contributed by atoms with Gasteiger partial charge in [-0.25, -0.2) is 8.42 Å². The molecule has 0 heterocycles. The van der Waals surface area contributed by atoms with Crippen LogP contribution in [0, 0.1) is 5.92 Å². The molecule has 0 radical (unpaired) electrons. The molecule has 14 heavy (non-hydrogen) atoms. The summed E-state index contributed by atoms with van der Waals surface area (Å²) in [6.45, 7) is 1.72. The van der Waals surface area contributed by atoms with E-state index >= 15 is 0 Å². The van der Waals surface area contributed by atoms with Crippen LogP contribution in [0.5, 0.6) is 0 Å². The van der Waals surface area contributed by atoms with Crippen LogP contribution in [0.15, 0.2) is 0 Å². The first kappa shape index (κ1) is 12.5. The van der Waals surface area contributed by atoms with Crippen LogP contribution >= 0.6 is 15.9 Å². The Kier molecular flexibility index (Phi) is 4.91. The predicted octanol–water partition coefficient (Wildman–Crippen LogP) is 2.76. The summed E-state index contributed by atoms with van der Waals surface area (Å²) >= 11 is 3.61. The molecule has 0 saturated heterocycles. The molecule has 1 rings (SSSR count). The van der Waals surface area contributed by atoms with E-state index in [4.69, 9.17) is 0 Å². The summed E-state index contributed by atoms with van der Waals surface area (Å²) in [5, 5.41) is 0. The van der Waals surface area contributed by atoms with Crippen LogP contribution in [-0.4, -0.2) is 24.8 Å². The SMILES string of the molecule is CCS(=O)(=O)CCCC1CCC(Br)C1. The quantitative estimate of drug-likeness (QED) is 0.727. The predicted molar refractivity (Wildman–Crippen MR) is 63.6 cm³/mol. The van der Waals surface area contributed by atoms with Crippen molar-refractivity contribution in [2.24, 2.45) is 5.92 Å². The van der Waals surface area contributed by atoms with Crippen molar-refractivity contribution >= 4 is 25.8 Å². The van der Waals surface area contributed by atoms with Crippen molar-refractivity contribution in [3.05, 3.63) is 0 Å². The fourth-order valence-corrected chi connectivity index (χ4v) is 3.70. The molecule has 1 aliphatic carbocycles. The molecule has 0 aromatic rings. The summed E-state index contributed by atoms with van der Waals surface area (Å²) in [7, 11) is -2.74. The first-order valence-electron chi connectivity index (χ1n) is 5.38. The lowest BCUT2D eigenvalue weighted by Crippen LogP contribution is -2.09. The van der Waals surface area contributed by atoms with Gasteiger partial charge in [0, 0.05) is 10.6 Å². The van der Waals surface area contributed by atoms with E-state index in [9.17, 15) is 8.42 Å². The van der Waals surface area contributed by atoms with Gasteiger partial charge in [-0.15, -0.1) is 0 Å². The number of hydrogen-bond acceptors (Lipinski definition) is 2. The second kappa shape index (κ2) is 5.50. The molecule has 2 atom stereocenters. The van der Waals surface area contributed by atoms with Crippen LogP contribution in [0.25, 0.3) is 0 Å². The molecule has 0 bridgehead atoms. The lowest BCUT2D eigenvalue weighted by molar-refractivity contribution is 0.495. The summed E-state index contributed by atoms with van der Waals surface area (Å²) in [6.07, 6.45) is 5.68. The van der Waals surface area contributed by atoms with Crippen LogP contribution < -0.4 is 0 Å². The Bertz CT molecular complexity index is 261. The van der Waals surface area contributed by atoms with Crippen molar-refractivity contribution in [3.63, 3.8) is 0 Å². The summed E-state index contributed by atoms with van der Waals surface area (Å²) in [6, 6.07) is 0. The van der Waals surface area contributed by atoms with Gasteiger partial charge in [0.05, 0.1) is 5.75 Å². The molecule has 0 aromatic carbocycles. The van der Waals surface area contributed by atoms with Crippen LogP contribution in [0.2, 0.25) is 0 Å². The summed E-state index contributed by atoms with van der Waals surface area (Å²) < 4.78 is 22.5. The zero-order valence-electron chi connectivity index (χ0n) is 8.71. The second-order valence-corrected chi connectivity index (χ2v) is 7.92. The lowest BCUT2D eigenvalue weighted by Gasteiger charge is -2.08. The minimum absolute atomic E-state index is 0.290. The average molecular weight is 283 g/mol. The van der Waals surface area contributed by atoms with E-state index < -0.39 is 9.84 Å². The summed E-state index contributed by atoms with van der Waals surface area (Å²) in [5.41, 5.74) is 0. The highest BCUT2D eigenvalue weighted by molar-refractivity contribution is 9.09. The topological polar surface area (TPSA) is 34.1 Å². The van der Waals surface area contributed by atoms with Crippen molar-refractivity contribution in [1.82, 2.24) is 0 Å². The van der Waals surface area contributed by atoms with Gasteiger partial charge in [-0.3, -0.25) is 0 Å². The van der Waals surface area contributed by atoms with E-state index in [2.05, 4.69) is 15.9 Å². The Morgan fingerprint density at radius 2 is 2.07 bits per heavy atom. The molecule has 2 nitrogen and oxygen atoms in total. The number of rotatable bonds is 5. The van der Waals surface area contributed by atoms with Gasteiger partial charge >= 0.3 is 0 Å². The molecule has 0 amide bonds. The van der Waals surface area contributed by atoms with E-state index in [1.54, 1.807) is 6.92 Å². The maximum absolute atomic E-state index is 11.2. The normalized spacial score (nSPS) is 28.1. The molecule has 1 fully saturated rings. The Labute approximate surface area is 95.5 Å². The van der Waals surface area contributed by atoms with Gasteiger partial charge in [0.1, 0.15) is 9.84 Å². The largest absolute Gasteiger partial charge is 0.229 e. The fourth-order valence-electron chi connectivity index (χ4n) is 2.01. The number of hydrogen-bond donors (Lipinski definition) is 0. The third-order valence-electron chi connectivity index (χ3n) is 2.98. The van der Waals surface area contributed by atoms with Crippen LogP contribution in [0.4, 0.5) is 0 Å². The zero-order valence-corrected chi connectivity index (χ0v) is 11.1. The Morgan fingerprint density at radius 1 is 1.36 bits per heavy atom. The van der Waals surface area contributed by atoms with Gasteiger partial charge in [0.2, 0.25) is 0 Å². The first-order valence-corrected chi connectivity index (χ1v) is 8.11. The summed E-state index contributed by atoms with van der Waals surface area (Å²) in [4.78, 5) is 0.676. The smallest absolute Gasteiger partial charge is 0.150 e. The van der Waals surface area contributed by atoms with E-state index in [0.29, 0.717) is 16.3 Å². The summed E-state index contributed by atoms with van der Waals surface area (Å²) in [5.74, 6) is 1.43. The Morgan fingerprint density at radius 3 is 2.57 bits per heavy atom. The van der Waals surface area contributed by atoms with Gasteiger partial charge in [-0.05, 0) is 38.0 Å². The molecular weight excluding hydrogens is 264 g/mol. The molecule has 84 valence electrons. The Hall–Kier alpha value is 0.430. The highest BCUT2D eigenvalue weighted by atomic mass is 79.9. The van der Waals surface area contributed by atoms with E-state index in [-0.39, 0.29) is 0 Å². The van der Waals surface area contributed by atoms with Crippen LogP contribution in [0.3, 0.4) is 0 Å². The third-order valence-corrected chi connectivity index (χ3v) is 5.61. The lowest BCUT2D eigenvalue weighted by atomic mass is 10.0. The van der Waals surface area contributed by atoms with Crippen molar-refractivity contribution in [1.29, 1.82) is 0 Å². The van der Waals surface area contributed by atoms with Gasteiger partial charge in [0.15, 0.2) is 0 Å². The van der Waals surface area contributed by atoms with E-state index in [1.807, 2.05) is 0 Å². The van der Waals surface area contributed by atoms with Crippen LogP contribution in [0.1, 0.15) is 39.0 Å². The molecule has 1 saturated carbocycles. The van der Waals surface area contributed by atoms with Crippen LogP contribution in [-0.2, 0) is 9.84 Å². The average Bonchev–Trinajstić information content (AvgIpc) is 2.51. The highest BCUT2D eigenvalue weighted by Crippen LogP contribution is 2.33. The van der Waals surface area contributed by atoms with Crippen molar-refractivity contribution < 1.29 is 8.42 Å². The maximum Gasteiger partial charge on any atom is 0.150 e. The molecule has 0 aromatic heterocycles. The first-order chi connectivity index (χ1) is 6.53. The van der Waals surface area contributed by atoms with Crippen molar-refractivity contribution in [3.8, 4) is 0 Å². The zero-order chi connectivity index (χ0) is 10.6. The van der Waals surface area contributed by atoms with E-state index in [1.165, 1.54) is 19.3 Å². The van der Waals surface area contributed by atoms with Gasteiger partial charge in [-0.1, -0.05) is 22.9 Å². The molecule has 0 aliphatic heterocycles. The number of alkyl halides is 1. The van der Waals surface area contributed by atoms with Gasteiger partial charge < -0.3 is 0 Å². The molecule has 0 N–H and O–H groups in total. The monoisotopic (exact) mass is 282 g/mol. The molecule has 1 aliphatic rings.